The Morgan fingerprint density at radius 1 is 1.21 bits per heavy atom. The number of halogens is 4. The second kappa shape index (κ2) is 5.57. The summed E-state index contributed by atoms with van der Waals surface area (Å²) < 4.78 is 28.1. The van der Waals surface area contributed by atoms with Crippen LogP contribution in [0, 0.1) is 18.6 Å². The van der Waals surface area contributed by atoms with Crippen LogP contribution < -0.4 is 0 Å². The Balaban J connectivity index is 2.53. The average Bonchev–Trinajstić information content (AvgIpc) is 2.36. The van der Waals surface area contributed by atoms with Crippen molar-refractivity contribution in [2.24, 2.45) is 0 Å². The normalized spacial score (nSPS) is 12.5. The number of hydrogen-bond acceptors (Lipinski definition) is 1. The highest BCUT2D eigenvalue weighted by molar-refractivity contribution is 9.10. The lowest BCUT2D eigenvalue weighted by molar-refractivity contribution is 0.209. The van der Waals surface area contributed by atoms with Crippen LogP contribution in [0.5, 0.6) is 0 Å². The van der Waals surface area contributed by atoms with E-state index in [9.17, 15) is 13.9 Å². The Morgan fingerprint density at radius 3 is 2.58 bits per heavy atom. The van der Waals surface area contributed by atoms with Crippen molar-refractivity contribution in [3.8, 4) is 0 Å². The first-order valence-electron chi connectivity index (χ1n) is 5.49. The molecule has 2 aromatic rings. The molecule has 1 unspecified atom stereocenters. The minimum Gasteiger partial charge on any atom is -0.383 e. The van der Waals surface area contributed by atoms with Gasteiger partial charge in [0.25, 0.3) is 0 Å². The molecule has 0 bridgehead atoms. The van der Waals surface area contributed by atoms with Crippen molar-refractivity contribution in [3.63, 3.8) is 0 Å². The van der Waals surface area contributed by atoms with Gasteiger partial charge in [0.2, 0.25) is 0 Å². The number of aryl methyl sites for hydroxylation is 1. The lowest BCUT2D eigenvalue weighted by atomic mass is 9.99. The summed E-state index contributed by atoms with van der Waals surface area (Å²) in [6.07, 6.45) is -1.40. The predicted octanol–water partition coefficient (Wildman–Crippen LogP) is 4.77. The largest absolute Gasteiger partial charge is 0.383 e. The topological polar surface area (TPSA) is 20.2 Å². The fraction of sp³-hybridized carbons (Fsp3) is 0.143. The third kappa shape index (κ3) is 2.81. The Hall–Kier alpha value is -0.970. The molecule has 1 atom stereocenters. The zero-order chi connectivity index (χ0) is 14.2. The van der Waals surface area contributed by atoms with Crippen molar-refractivity contribution in [2.75, 3.05) is 0 Å². The highest BCUT2D eigenvalue weighted by atomic mass is 79.9. The van der Waals surface area contributed by atoms with Gasteiger partial charge in [-0.2, -0.15) is 0 Å². The van der Waals surface area contributed by atoms with Crippen molar-refractivity contribution in [3.05, 3.63) is 68.2 Å². The first-order chi connectivity index (χ1) is 8.91. The maximum atomic E-state index is 13.9. The smallest absolute Gasteiger partial charge is 0.132 e. The van der Waals surface area contributed by atoms with E-state index in [1.165, 1.54) is 12.1 Å². The van der Waals surface area contributed by atoms with Crippen LogP contribution in [0.25, 0.3) is 0 Å². The van der Waals surface area contributed by atoms with E-state index in [0.29, 0.717) is 10.0 Å². The zero-order valence-corrected chi connectivity index (χ0v) is 12.3. The van der Waals surface area contributed by atoms with E-state index in [2.05, 4.69) is 15.9 Å². The van der Waals surface area contributed by atoms with Crippen molar-refractivity contribution in [1.82, 2.24) is 0 Å². The molecule has 0 aromatic heterocycles. The van der Waals surface area contributed by atoms with E-state index in [0.717, 1.165) is 6.07 Å². The molecule has 0 spiro atoms. The molecule has 1 nitrogen and oxygen atoms in total. The molecule has 100 valence electrons. The van der Waals surface area contributed by atoms with E-state index >= 15 is 0 Å². The van der Waals surface area contributed by atoms with Crippen LogP contribution in [0.2, 0.25) is 5.02 Å². The van der Waals surface area contributed by atoms with Gasteiger partial charge in [-0.1, -0.05) is 29.8 Å². The maximum Gasteiger partial charge on any atom is 0.132 e. The molecule has 0 saturated heterocycles. The second-order valence-corrected chi connectivity index (χ2v) is 5.43. The number of aliphatic hydroxyl groups excluding tert-OH is 1. The number of hydrogen-bond donors (Lipinski definition) is 1. The van der Waals surface area contributed by atoms with E-state index < -0.39 is 17.7 Å². The Labute approximate surface area is 123 Å². The molecule has 19 heavy (non-hydrogen) atoms. The lowest BCUT2D eigenvalue weighted by Crippen LogP contribution is -2.06. The number of benzene rings is 2. The molecule has 0 amide bonds. The summed E-state index contributed by atoms with van der Waals surface area (Å²) in [5.41, 5.74) is 0.357. The fourth-order valence-corrected chi connectivity index (χ4v) is 2.28. The molecule has 1 N–H and O–H groups in total. The van der Waals surface area contributed by atoms with Gasteiger partial charge in [0.15, 0.2) is 0 Å². The zero-order valence-electron chi connectivity index (χ0n) is 9.92. The van der Waals surface area contributed by atoms with Crippen molar-refractivity contribution >= 4 is 27.5 Å². The van der Waals surface area contributed by atoms with Crippen LogP contribution in [0.3, 0.4) is 0 Å². The Kier molecular flexibility index (Phi) is 4.23. The Bertz CT molecular complexity index is 631. The molecule has 0 aliphatic rings. The third-order valence-corrected chi connectivity index (χ3v) is 4.05. The van der Waals surface area contributed by atoms with Gasteiger partial charge in [0.1, 0.15) is 17.7 Å². The van der Waals surface area contributed by atoms with Crippen molar-refractivity contribution in [2.45, 2.75) is 13.0 Å². The average molecular weight is 348 g/mol. The summed E-state index contributed by atoms with van der Waals surface area (Å²) in [5.74, 6) is -1.20. The predicted molar refractivity (Wildman–Crippen MR) is 74.3 cm³/mol. The van der Waals surface area contributed by atoms with Gasteiger partial charge < -0.3 is 5.11 Å². The first kappa shape index (κ1) is 14.4. The van der Waals surface area contributed by atoms with Gasteiger partial charge in [-0.15, -0.1) is 0 Å². The van der Waals surface area contributed by atoms with E-state index in [-0.39, 0.29) is 16.1 Å². The lowest BCUT2D eigenvalue weighted by Gasteiger charge is -2.15. The minimum atomic E-state index is -1.40. The number of rotatable bonds is 2. The summed E-state index contributed by atoms with van der Waals surface area (Å²) in [6.45, 7) is 1.58. The van der Waals surface area contributed by atoms with Crippen LogP contribution in [0.4, 0.5) is 8.78 Å². The number of aliphatic hydroxyl groups is 1. The van der Waals surface area contributed by atoms with E-state index in [1.807, 2.05) is 0 Å². The van der Waals surface area contributed by atoms with Gasteiger partial charge in [0.05, 0.1) is 5.02 Å². The standard InChI is InChI=1S/C14H10BrClF2O/c1-7-3-2-4-8(13(7)18)14(19)9-5-11(16)10(15)6-12(9)17/h2-6,14,19H,1H3. The van der Waals surface area contributed by atoms with Crippen LogP contribution in [-0.4, -0.2) is 5.11 Å². The quantitative estimate of drug-likeness (QED) is 0.776. The molecule has 0 aliphatic heterocycles. The van der Waals surface area contributed by atoms with Gasteiger partial charge in [-0.25, -0.2) is 8.78 Å². The highest BCUT2D eigenvalue weighted by Gasteiger charge is 2.20. The van der Waals surface area contributed by atoms with Crippen LogP contribution >= 0.6 is 27.5 Å². The first-order valence-corrected chi connectivity index (χ1v) is 6.66. The molecular formula is C14H10BrClF2O. The van der Waals surface area contributed by atoms with Gasteiger partial charge in [0, 0.05) is 15.6 Å². The molecule has 0 fully saturated rings. The van der Waals surface area contributed by atoms with Crippen LogP contribution in [-0.2, 0) is 0 Å². The maximum absolute atomic E-state index is 13.9. The summed E-state index contributed by atoms with van der Waals surface area (Å²) in [4.78, 5) is 0. The summed E-state index contributed by atoms with van der Waals surface area (Å²) in [7, 11) is 0. The van der Waals surface area contributed by atoms with Gasteiger partial charge in [-0.3, -0.25) is 0 Å². The summed E-state index contributed by atoms with van der Waals surface area (Å²) >= 11 is 8.95. The van der Waals surface area contributed by atoms with Crippen LogP contribution in [0.1, 0.15) is 22.8 Å². The second-order valence-electron chi connectivity index (χ2n) is 4.17. The molecule has 5 heteroatoms. The molecule has 0 aliphatic carbocycles. The highest BCUT2D eigenvalue weighted by Crippen LogP contribution is 2.32. The fourth-order valence-electron chi connectivity index (χ4n) is 1.80. The van der Waals surface area contributed by atoms with Crippen molar-refractivity contribution in [1.29, 1.82) is 0 Å². The van der Waals surface area contributed by atoms with E-state index in [1.54, 1.807) is 19.1 Å². The van der Waals surface area contributed by atoms with E-state index in [4.69, 9.17) is 11.6 Å². The van der Waals surface area contributed by atoms with Gasteiger partial charge in [-0.05, 0) is 40.5 Å². The SMILES string of the molecule is Cc1cccc(C(O)c2cc(Cl)c(Br)cc2F)c1F. The third-order valence-electron chi connectivity index (χ3n) is 2.85. The molecule has 2 rings (SSSR count). The molecule has 0 saturated carbocycles. The van der Waals surface area contributed by atoms with Crippen LogP contribution in [0.15, 0.2) is 34.8 Å². The molecule has 0 heterocycles. The molecular weight excluding hydrogens is 338 g/mol. The minimum absolute atomic E-state index is 0.0253. The monoisotopic (exact) mass is 346 g/mol. The molecule has 2 aromatic carbocycles. The van der Waals surface area contributed by atoms with Gasteiger partial charge >= 0.3 is 0 Å². The molecule has 0 radical (unpaired) electrons. The summed E-state index contributed by atoms with van der Waals surface area (Å²) in [5, 5.41) is 10.4. The Morgan fingerprint density at radius 2 is 1.89 bits per heavy atom. The summed E-state index contributed by atoms with van der Waals surface area (Å²) in [6, 6.07) is 7.04. The van der Waals surface area contributed by atoms with Crippen molar-refractivity contribution < 1.29 is 13.9 Å².